The summed E-state index contributed by atoms with van der Waals surface area (Å²) in [7, 11) is 0. The third-order valence-electron chi connectivity index (χ3n) is 5.61. The van der Waals surface area contributed by atoms with Crippen molar-refractivity contribution in [2.24, 2.45) is 0 Å². The van der Waals surface area contributed by atoms with E-state index in [-0.39, 0.29) is 6.54 Å². The molecule has 0 saturated carbocycles. The number of allylic oxidation sites excluding steroid dienone is 4. The molecule has 0 aliphatic heterocycles. The number of aliphatic carboxylic acids is 1. The number of rotatable bonds is 20. The highest BCUT2D eigenvalue weighted by molar-refractivity contribution is 5.69. The van der Waals surface area contributed by atoms with E-state index in [2.05, 4.69) is 56.9 Å². The number of hydrogen-bond donors (Lipinski definition) is 1. The lowest BCUT2D eigenvalue weighted by molar-refractivity contribution is -0.140. The van der Waals surface area contributed by atoms with E-state index in [0.29, 0.717) is 12.1 Å². The molecule has 0 aromatic carbocycles. The van der Waals surface area contributed by atoms with Crippen LogP contribution >= 0.6 is 0 Å². The number of hydrogen-bond acceptors (Lipinski definition) is 2. The van der Waals surface area contributed by atoms with Crippen molar-refractivity contribution in [2.45, 2.75) is 130 Å². The maximum atomic E-state index is 11.7. The number of carboxylic acid groups (broad SMARTS) is 1. The van der Waals surface area contributed by atoms with Gasteiger partial charge in [0, 0.05) is 12.1 Å². The largest absolute Gasteiger partial charge is 0.480 e. The van der Waals surface area contributed by atoms with Crippen molar-refractivity contribution < 1.29 is 9.90 Å². The first-order valence-electron chi connectivity index (χ1n) is 12.4. The number of unbranched alkanes of at least 4 members (excludes halogenated alkanes) is 4. The second-order valence-electron chi connectivity index (χ2n) is 8.33. The third-order valence-corrected chi connectivity index (χ3v) is 5.61. The molecule has 0 aliphatic carbocycles. The average molecular weight is 408 g/mol. The summed E-state index contributed by atoms with van der Waals surface area (Å²) in [5.74, 6) is -0.691. The summed E-state index contributed by atoms with van der Waals surface area (Å²) in [6.07, 6.45) is 25.2. The molecule has 0 bridgehead atoms. The van der Waals surface area contributed by atoms with Crippen LogP contribution < -0.4 is 0 Å². The molecule has 3 heteroatoms. The fourth-order valence-electron chi connectivity index (χ4n) is 4.02. The first-order valence-corrected chi connectivity index (χ1v) is 12.4. The predicted octanol–water partition coefficient (Wildman–Crippen LogP) is 7.76. The summed E-state index contributed by atoms with van der Waals surface area (Å²) < 4.78 is 0. The lowest BCUT2D eigenvalue weighted by Crippen LogP contribution is -2.46. The molecule has 0 aliphatic rings. The summed E-state index contributed by atoms with van der Waals surface area (Å²) in [5.41, 5.74) is 0. The quantitative estimate of drug-likeness (QED) is 0.165. The van der Waals surface area contributed by atoms with E-state index in [4.69, 9.17) is 0 Å². The second kappa shape index (κ2) is 20.2. The van der Waals surface area contributed by atoms with Gasteiger partial charge in [-0.05, 0) is 51.4 Å². The highest BCUT2D eigenvalue weighted by Crippen LogP contribution is 2.23. The zero-order valence-electron chi connectivity index (χ0n) is 19.9. The van der Waals surface area contributed by atoms with E-state index >= 15 is 0 Å². The fourth-order valence-corrected chi connectivity index (χ4v) is 4.02. The Hall–Kier alpha value is -1.09. The monoisotopic (exact) mass is 407 g/mol. The highest BCUT2D eigenvalue weighted by atomic mass is 16.4. The second-order valence-corrected chi connectivity index (χ2v) is 8.33. The van der Waals surface area contributed by atoms with Crippen LogP contribution in [0, 0.1) is 0 Å². The van der Waals surface area contributed by atoms with Crippen molar-refractivity contribution in [3.63, 3.8) is 0 Å². The molecule has 0 aromatic rings. The minimum absolute atomic E-state index is 0.175. The summed E-state index contributed by atoms with van der Waals surface area (Å²) in [6.45, 7) is 9.06. The Labute approximate surface area is 181 Å². The Kier molecular flexibility index (Phi) is 19.4. The topological polar surface area (TPSA) is 40.5 Å². The van der Waals surface area contributed by atoms with Crippen molar-refractivity contribution in [3.05, 3.63) is 24.3 Å². The molecule has 0 fully saturated rings. The van der Waals surface area contributed by atoms with Crippen LogP contribution in [0.5, 0.6) is 0 Å². The highest BCUT2D eigenvalue weighted by Gasteiger charge is 2.26. The van der Waals surface area contributed by atoms with Crippen LogP contribution in [0.15, 0.2) is 24.3 Å². The van der Waals surface area contributed by atoms with Gasteiger partial charge in [-0.15, -0.1) is 0 Å². The minimum atomic E-state index is -0.691. The molecule has 0 spiro atoms. The molecule has 0 radical (unpaired) electrons. The molecule has 0 rings (SSSR count). The molecule has 0 amide bonds. The fraction of sp³-hybridized carbons (Fsp3) is 0.808. The average Bonchev–Trinajstić information content (AvgIpc) is 2.69. The summed E-state index contributed by atoms with van der Waals surface area (Å²) in [6, 6.07) is 0.736. The molecule has 3 nitrogen and oxygen atoms in total. The van der Waals surface area contributed by atoms with Gasteiger partial charge >= 0.3 is 5.97 Å². The van der Waals surface area contributed by atoms with Crippen molar-refractivity contribution in [1.82, 2.24) is 4.90 Å². The molecule has 170 valence electrons. The molecule has 1 N–H and O–H groups in total. The van der Waals surface area contributed by atoms with Gasteiger partial charge in [0.15, 0.2) is 0 Å². The minimum Gasteiger partial charge on any atom is -0.480 e. The van der Waals surface area contributed by atoms with Crippen LogP contribution in [0.3, 0.4) is 0 Å². The van der Waals surface area contributed by atoms with Gasteiger partial charge in [-0.3, -0.25) is 9.69 Å². The van der Waals surface area contributed by atoms with Crippen LogP contribution in [0.1, 0.15) is 118 Å². The number of nitrogens with zero attached hydrogens (tertiary/aromatic N) is 1. The Bertz CT molecular complexity index is 398. The zero-order chi connectivity index (χ0) is 21.7. The molecule has 2 atom stereocenters. The van der Waals surface area contributed by atoms with Gasteiger partial charge in [-0.2, -0.15) is 0 Å². The van der Waals surface area contributed by atoms with Gasteiger partial charge in [0.2, 0.25) is 0 Å². The van der Waals surface area contributed by atoms with E-state index < -0.39 is 5.97 Å². The van der Waals surface area contributed by atoms with Crippen LogP contribution in [0.2, 0.25) is 0 Å². The number of carbonyl (C=O) groups is 1. The van der Waals surface area contributed by atoms with Crippen molar-refractivity contribution in [2.75, 3.05) is 6.54 Å². The molecule has 29 heavy (non-hydrogen) atoms. The van der Waals surface area contributed by atoms with Crippen LogP contribution in [0.25, 0.3) is 0 Å². The first kappa shape index (κ1) is 27.9. The first-order chi connectivity index (χ1) is 14.1. The van der Waals surface area contributed by atoms with E-state index in [1.807, 2.05) is 0 Å². The predicted molar refractivity (Wildman–Crippen MR) is 128 cm³/mol. The van der Waals surface area contributed by atoms with Crippen molar-refractivity contribution in [1.29, 1.82) is 0 Å². The summed E-state index contributed by atoms with van der Waals surface area (Å²) >= 11 is 0. The lowest BCUT2D eigenvalue weighted by atomic mass is 9.97. The molecule has 0 saturated heterocycles. The molecule has 2 unspecified atom stereocenters. The molecule has 0 heterocycles. The van der Waals surface area contributed by atoms with Crippen LogP contribution in [-0.4, -0.2) is 34.6 Å². The lowest BCUT2D eigenvalue weighted by Gasteiger charge is -2.37. The normalized spacial score (nSPS) is 14.2. The SMILES string of the molecule is CCCC/C=C/CCC(CCC)N(CC(=O)O)C(CCC)CC/C=C/CCCC. The van der Waals surface area contributed by atoms with Crippen molar-refractivity contribution >= 4 is 5.97 Å². The Morgan fingerprint density at radius 1 is 0.690 bits per heavy atom. The molecule has 0 aromatic heterocycles. The zero-order valence-corrected chi connectivity index (χ0v) is 19.9. The van der Waals surface area contributed by atoms with E-state index in [9.17, 15) is 9.90 Å². The smallest absolute Gasteiger partial charge is 0.317 e. The van der Waals surface area contributed by atoms with Crippen LogP contribution in [-0.2, 0) is 4.79 Å². The van der Waals surface area contributed by atoms with Gasteiger partial charge < -0.3 is 5.11 Å². The Morgan fingerprint density at radius 2 is 1.10 bits per heavy atom. The summed E-state index contributed by atoms with van der Waals surface area (Å²) in [5, 5.41) is 9.59. The number of carboxylic acids is 1. The standard InChI is InChI=1S/C26H49NO2/c1-5-9-11-13-15-17-21-24(19-7-3)27(23-26(28)29)25(20-8-4)22-18-16-14-12-10-6-2/h13-16,24-25H,5-12,17-23H2,1-4H3,(H,28,29)/b15-13+,16-14+. The maximum Gasteiger partial charge on any atom is 0.317 e. The van der Waals surface area contributed by atoms with Gasteiger partial charge in [-0.25, -0.2) is 0 Å². The van der Waals surface area contributed by atoms with Gasteiger partial charge in [0.25, 0.3) is 0 Å². The summed E-state index contributed by atoms with van der Waals surface area (Å²) in [4.78, 5) is 14.0. The van der Waals surface area contributed by atoms with E-state index in [1.54, 1.807) is 0 Å². The van der Waals surface area contributed by atoms with E-state index in [1.165, 1.54) is 25.7 Å². The Morgan fingerprint density at radius 3 is 1.45 bits per heavy atom. The van der Waals surface area contributed by atoms with Gasteiger partial charge in [0.1, 0.15) is 0 Å². The maximum absolute atomic E-state index is 11.7. The molecular weight excluding hydrogens is 358 g/mol. The van der Waals surface area contributed by atoms with Crippen molar-refractivity contribution in [3.8, 4) is 0 Å². The molecular formula is C26H49NO2. The van der Waals surface area contributed by atoms with Gasteiger partial charge in [0.05, 0.1) is 6.54 Å². The van der Waals surface area contributed by atoms with Crippen LogP contribution in [0.4, 0.5) is 0 Å². The van der Waals surface area contributed by atoms with E-state index in [0.717, 1.165) is 64.2 Å². The third kappa shape index (κ3) is 15.4. The Balaban J connectivity index is 5.00. The van der Waals surface area contributed by atoms with Gasteiger partial charge in [-0.1, -0.05) is 90.5 Å².